The number of aromatic nitrogens is 1. The van der Waals surface area contributed by atoms with Crippen LogP contribution in [0.5, 0.6) is 11.5 Å². The lowest BCUT2D eigenvalue weighted by Gasteiger charge is -2.25. The van der Waals surface area contributed by atoms with Crippen LogP contribution in [-0.4, -0.2) is 90.5 Å². The summed E-state index contributed by atoms with van der Waals surface area (Å²) in [5.74, 6) is 0.517. The highest BCUT2D eigenvalue weighted by Crippen LogP contribution is 2.39. The molecule has 2 atom stereocenters. The minimum Gasteiger partial charge on any atom is -0.493 e. The van der Waals surface area contributed by atoms with Crippen molar-refractivity contribution in [2.45, 2.75) is 31.6 Å². The highest BCUT2D eigenvalue weighted by molar-refractivity contribution is 5.85. The maximum Gasteiger partial charge on any atom is 0.290 e. The zero-order valence-corrected chi connectivity index (χ0v) is 26.0. The second-order valence-corrected chi connectivity index (χ2v) is 11.8. The molecule has 3 aliphatic rings. The number of amides is 3. The van der Waals surface area contributed by atoms with Crippen LogP contribution >= 0.6 is 0 Å². The van der Waals surface area contributed by atoms with E-state index in [9.17, 15) is 14.4 Å². The molecule has 11 heteroatoms. The number of nitrogens with zero attached hydrogens (tertiary/aromatic N) is 3. The third kappa shape index (κ3) is 7.64. The van der Waals surface area contributed by atoms with E-state index in [4.69, 9.17) is 19.4 Å². The predicted octanol–water partition coefficient (Wildman–Crippen LogP) is 2.72. The third-order valence-corrected chi connectivity index (χ3v) is 8.94. The Balaban J connectivity index is 0.00000134. The van der Waals surface area contributed by atoms with Crippen molar-refractivity contribution >= 4 is 24.2 Å². The van der Waals surface area contributed by atoms with Gasteiger partial charge in [0.2, 0.25) is 17.7 Å². The van der Waals surface area contributed by atoms with Gasteiger partial charge in [0.15, 0.2) is 11.5 Å². The second-order valence-electron chi connectivity index (χ2n) is 11.8. The Morgan fingerprint density at radius 3 is 2.48 bits per heavy atom. The van der Waals surface area contributed by atoms with E-state index in [1.54, 1.807) is 24.4 Å². The molecule has 1 saturated heterocycles. The monoisotopic (exact) mass is 628 g/mol. The Bertz CT molecular complexity index is 1510. The predicted molar refractivity (Wildman–Crippen MR) is 169 cm³/mol. The summed E-state index contributed by atoms with van der Waals surface area (Å²) in [7, 11) is 1.59. The van der Waals surface area contributed by atoms with Gasteiger partial charge in [-0.2, -0.15) is 0 Å². The lowest BCUT2D eigenvalue weighted by Crippen LogP contribution is -2.40. The fourth-order valence-corrected chi connectivity index (χ4v) is 6.64. The first-order chi connectivity index (χ1) is 22.4. The number of hydrogen-bond donors (Lipinski definition) is 2. The number of carbonyl (C=O) groups excluding carboxylic acids is 3. The Labute approximate surface area is 268 Å². The van der Waals surface area contributed by atoms with Crippen molar-refractivity contribution in [3.05, 3.63) is 89.2 Å². The highest BCUT2D eigenvalue weighted by Gasteiger charge is 2.43. The van der Waals surface area contributed by atoms with E-state index >= 15 is 0 Å². The van der Waals surface area contributed by atoms with Gasteiger partial charge in [0.25, 0.3) is 6.47 Å². The highest BCUT2D eigenvalue weighted by atomic mass is 16.5. The molecule has 0 unspecified atom stereocenters. The minimum atomic E-state index is -0.389. The summed E-state index contributed by atoms with van der Waals surface area (Å²) < 4.78 is 11.8. The van der Waals surface area contributed by atoms with Gasteiger partial charge in [-0.25, -0.2) is 0 Å². The molecule has 11 nitrogen and oxygen atoms in total. The van der Waals surface area contributed by atoms with Gasteiger partial charge in [0.05, 0.1) is 26.0 Å². The Hall–Kier alpha value is -4.93. The molecule has 242 valence electrons. The molecule has 3 amide bonds. The molecule has 1 aromatic heterocycles. The van der Waals surface area contributed by atoms with E-state index in [-0.39, 0.29) is 48.4 Å². The molecule has 1 aliphatic carbocycles. The van der Waals surface area contributed by atoms with Gasteiger partial charge in [-0.15, -0.1) is 0 Å². The van der Waals surface area contributed by atoms with Crippen LogP contribution in [0.3, 0.4) is 0 Å². The van der Waals surface area contributed by atoms with Crippen molar-refractivity contribution in [3.8, 4) is 11.5 Å². The molecule has 2 aromatic carbocycles. The van der Waals surface area contributed by atoms with E-state index in [0.717, 1.165) is 24.0 Å². The summed E-state index contributed by atoms with van der Waals surface area (Å²) in [6.07, 6.45) is 5.73. The quantitative estimate of drug-likeness (QED) is 0.421. The molecule has 2 bridgehead atoms. The van der Waals surface area contributed by atoms with Crippen molar-refractivity contribution in [2.24, 2.45) is 11.8 Å². The number of methoxy groups -OCH3 is 1. The first kappa shape index (κ1) is 32.5. The molecule has 0 radical (unpaired) electrons. The number of likely N-dealkylation sites (tertiary alicyclic amines) is 1. The van der Waals surface area contributed by atoms with Crippen LogP contribution in [0.4, 0.5) is 0 Å². The van der Waals surface area contributed by atoms with Gasteiger partial charge in [-0.05, 0) is 59.7 Å². The van der Waals surface area contributed by atoms with Crippen LogP contribution in [0.2, 0.25) is 0 Å². The largest absolute Gasteiger partial charge is 0.493 e. The number of carboxylic acid groups (broad SMARTS) is 1. The number of carbonyl (C=O) groups is 4. The average molecular weight is 629 g/mol. The van der Waals surface area contributed by atoms with Gasteiger partial charge in [0.1, 0.15) is 6.61 Å². The van der Waals surface area contributed by atoms with Crippen molar-refractivity contribution in [1.29, 1.82) is 0 Å². The standard InChI is InChI=1S/C34H38N4O5.CH2O2/c1-42-30-10-9-26-19-31(30)43-15-14-37(32(39)16-23-6-4-11-35-20-23)13-5-12-36-33(40)29-22-38(21-28(26)29)34(41)27-17-24-7-2-3-8-25(24)18-27;2-1-3/h2-4,6-11,19-20,27-29H,5,12-18,21-22H2,1H3,(H,36,40);1H,(H,2,3)/t28-,29+;/m1./s1. The molecule has 6 rings (SSSR count). The number of benzene rings is 2. The van der Waals surface area contributed by atoms with Crippen LogP contribution in [-0.2, 0) is 38.4 Å². The van der Waals surface area contributed by atoms with Crippen LogP contribution in [0.1, 0.15) is 34.6 Å². The summed E-state index contributed by atoms with van der Waals surface area (Å²) in [4.78, 5) is 56.7. The maximum atomic E-state index is 13.7. The van der Waals surface area contributed by atoms with Gasteiger partial charge in [0, 0.05) is 50.4 Å². The normalized spacial score (nSPS) is 19.7. The Kier molecular flexibility index (Phi) is 10.9. The van der Waals surface area contributed by atoms with Crippen molar-refractivity contribution in [3.63, 3.8) is 0 Å². The van der Waals surface area contributed by atoms with Crippen LogP contribution in [0.25, 0.3) is 0 Å². The minimum absolute atomic E-state index is 0.0187. The molecule has 2 aliphatic heterocycles. The smallest absolute Gasteiger partial charge is 0.290 e. The topological polar surface area (TPSA) is 138 Å². The van der Waals surface area contributed by atoms with Crippen LogP contribution in [0, 0.1) is 11.8 Å². The first-order valence-corrected chi connectivity index (χ1v) is 15.6. The fourth-order valence-electron chi connectivity index (χ4n) is 6.64. The Morgan fingerprint density at radius 1 is 1.04 bits per heavy atom. The van der Waals surface area contributed by atoms with Gasteiger partial charge in [-0.1, -0.05) is 36.4 Å². The molecule has 46 heavy (non-hydrogen) atoms. The van der Waals surface area contributed by atoms with Crippen molar-refractivity contribution < 1.29 is 33.8 Å². The summed E-state index contributed by atoms with van der Waals surface area (Å²) in [5, 5.41) is 10.00. The zero-order chi connectivity index (χ0) is 32.5. The van der Waals surface area contributed by atoms with Gasteiger partial charge in [-0.3, -0.25) is 24.2 Å². The van der Waals surface area contributed by atoms with Crippen molar-refractivity contribution in [2.75, 3.05) is 46.4 Å². The van der Waals surface area contributed by atoms with Crippen LogP contribution < -0.4 is 14.8 Å². The number of nitrogens with one attached hydrogen (secondary N) is 1. The lowest BCUT2D eigenvalue weighted by atomic mass is 9.88. The van der Waals surface area contributed by atoms with E-state index in [2.05, 4.69) is 22.4 Å². The molecule has 0 saturated carbocycles. The molecule has 3 aromatic rings. The van der Waals surface area contributed by atoms with Crippen molar-refractivity contribution in [1.82, 2.24) is 20.1 Å². The summed E-state index contributed by atoms with van der Waals surface area (Å²) in [6.45, 7) is 2.23. The average Bonchev–Trinajstić information content (AvgIpc) is 3.71. The molecule has 2 N–H and O–H groups in total. The van der Waals surface area contributed by atoms with E-state index in [1.807, 2.05) is 47.4 Å². The number of rotatable bonds is 4. The molecular formula is C35H40N4O7. The van der Waals surface area contributed by atoms with Gasteiger partial charge >= 0.3 is 0 Å². The van der Waals surface area contributed by atoms with Gasteiger partial charge < -0.3 is 29.7 Å². The second kappa shape index (κ2) is 15.4. The summed E-state index contributed by atoms with van der Waals surface area (Å²) in [6, 6.07) is 17.7. The molecule has 0 spiro atoms. The molecular weight excluding hydrogens is 588 g/mol. The lowest BCUT2D eigenvalue weighted by molar-refractivity contribution is -0.134. The maximum absolute atomic E-state index is 13.7. The summed E-state index contributed by atoms with van der Waals surface area (Å²) in [5.41, 5.74) is 4.26. The SMILES string of the molecule is COc1ccc2cc1OCCN(C(=O)Cc1cccnc1)CCCNC(=O)[C@H]1CN(C(=O)C3Cc4ccccc4C3)C[C@H]21.O=CO. The number of fused-ring (bicyclic) bond motifs is 5. The van der Waals surface area contributed by atoms with E-state index in [0.29, 0.717) is 57.3 Å². The molecule has 1 fully saturated rings. The fraction of sp³-hybridized carbons (Fsp3) is 0.400. The number of pyridine rings is 1. The van der Waals surface area contributed by atoms with E-state index in [1.165, 1.54) is 11.1 Å². The first-order valence-electron chi connectivity index (χ1n) is 15.6. The molecule has 3 heterocycles. The van der Waals surface area contributed by atoms with E-state index < -0.39 is 0 Å². The summed E-state index contributed by atoms with van der Waals surface area (Å²) >= 11 is 0. The third-order valence-electron chi connectivity index (χ3n) is 8.94. The number of ether oxygens (including phenoxy) is 2. The zero-order valence-electron chi connectivity index (χ0n) is 26.0. The Morgan fingerprint density at radius 2 is 1.78 bits per heavy atom. The number of hydrogen-bond acceptors (Lipinski definition) is 7. The van der Waals surface area contributed by atoms with Crippen LogP contribution in [0.15, 0.2) is 67.0 Å².